The van der Waals surface area contributed by atoms with Crippen LogP contribution in [0.2, 0.25) is 0 Å². The van der Waals surface area contributed by atoms with Gasteiger partial charge in [0.05, 0.1) is 10.6 Å². The Hall–Kier alpha value is -1.67. The van der Waals surface area contributed by atoms with Crippen molar-refractivity contribution in [1.82, 2.24) is 10.0 Å². The molecule has 0 spiro atoms. The highest BCUT2D eigenvalue weighted by Crippen LogP contribution is 2.19. The summed E-state index contributed by atoms with van der Waals surface area (Å²) in [5.74, 6) is -0.728. The summed E-state index contributed by atoms with van der Waals surface area (Å²) in [4.78, 5) is 11.3. The first kappa shape index (κ1) is 15.7. The lowest BCUT2D eigenvalue weighted by molar-refractivity contribution is -0.121. The Labute approximate surface area is 123 Å². The fraction of sp³-hybridized carbons (Fsp3) is 0.462. The summed E-state index contributed by atoms with van der Waals surface area (Å²) in [5.41, 5.74) is 5.12. The van der Waals surface area contributed by atoms with Gasteiger partial charge in [-0.05, 0) is 37.5 Å². The van der Waals surface area contributed by atoms with Crippen molar-refractivity contribution in [1.29, 1.82) is 0 Å². The number of nitrogens with two attached hydrogens (primary N) is 1. The molecule has 1 aliphatic rings. The van der Waals surface area contributed by atoms with E-state index in [1.807, 2.05) is 0 Å². The van der Waals surface area contributed by atoms with Crippen molar-refractivity contribution in [2.24, 2.45) is 0 Å². The van der Waals surface area contributed by atoms with E-state index in [9.17, 15) is 17.6 Å². The van der Waals surface area contributed by atoms with Crippen LogP contribution in [0.15, 0.2) is 23.1 Å². The second-order valence-electron chi connectivity index (χ2n) is 5.03. The van der Waals surface area contributed by atoms with Gasteiger partial charge in [-0.15, -0.1) is 0 Å². The number of sulfonamides is 1. The molecule has 0 heterocycles. The summed E-state index contributed by atoms with van der Waals surface area (Å²) in [7, 11) is -3.74. The van der Waals surface area contributed by atoms with Gasteiger partial charge < -0.3 is 11.1 Å². The molecule has 0 atom stereocenters. The van der Waals surface area contributed by atoms with Crippen LogP contribution in [0.25, 0.3) is 0 Å². The van der Waals surface area contributed by atoms with Crippen LogP contribution in [0.1, 0.15) is 25.7 Å². The minimum absolute atomic E-state index is 0.0669. The first-order valence-electron chi connectivity index (χ1n) is 6.72. The quantitative estimate of drug-likeness (QED) is 0.510. The Morgan fingerprint density at radius 3 is 2.71 bits per heavy atom. The van der Waals surface area contributed by atoms with Crippen molar-refractivity contribution in [3.63, 3.8) is 0 Å². The number of benzene rings is 1. The molecule has 21 heavy (non-hydrogen) atoms. The number of nitrogens with one attached hydrogen (secondary N) is 2. The van der Waals surface area contributed by atoms with Gasteiger partial charge in [-0.2, -0.15) is 0 Å². The summed E-state index contributed by atoms with van der Waals surface area (Å²) in [6.07, 6.45) is 2.70. The third-order valence-electron chi connectivity index (χ3n) is 3.09. The summed E-state index contributed by atoms with van der Waals surface area (Å²) in [5, 5.41) is 2.82. The zero-order chi connectivity index (χ0) is 15.5. The molecule has 0 bridgehead atoms. The van der Waals surface area contributed by atoms with Crippen LogP contribution in [0.5, 0.6) is 0 Å². The zero-order valence-corrected chi connectivity index (χ0v) is 12.2. The standard InChI is InChI=1S/C13H18FN3O3S/c14-11-6-5-10(8-12(11)15)21(19,20)16-7-1-2-13(18)17-9-3-4-9/h5-6,8-9,16H,1-4,7,15H2,(H,17,18). The minimum atomic E-state index is -3.74. The summed E-state index contributed by atoms with van der Waals surface area (Å²) in [6.45, 7) is 0.137. The maximum atomic E-state index is 13.0. The Morgan fingerprint density at radius 1 is 1.38 bits per heavy atom. The highest BCUT2D eigenvalue weighted by atomic mass is 32.2. The molecule has 1 aliphatic carbocycles. The third kappa shape index (κ3) is 4.68. The molecule has 1 amide bonds. The van der Waals surface area contributed by atoms with Crippen molar-refractivity contribution in [2.45, 2.75) is 36.6 Å². The lowest BCUT2D eigenvalue weighted by atomic mass is 10.3. The van der Waals surface area contributed by atoms with Gasteiger partial charge in [-0.3, -0.25) is 4.79 Å². The lowest BCUT2D eigenvalue weighted by Gasteiger charge is -2.08. The van der Waals surface area contributed by atoms with Gasteiger partial charge in [0.25, 0.3) is 0 Å². The number of carbonyl (C=O) groups is 1. The van der Waals surface area contributed by atoms with Crippen molar-refractivity contribution in [3.05, 3.63) is 24.0 Å². The van der Waals surface area contributed by atoms with E-state index in [1.165, 1.54) is 0 Å². The molecule has 1 aromatic rings. The number of hydrogen-bond donors (Lipinski definition) is 3. The maximum Gasteiger partial charge on any atom is 0.240 e. The molecule has 8 heteroatoms. The molecule has 1 saturated carbocycles. The van der Waals surface area contributed by atoms with Gasteiger partial charge in [-0.25, -0.2) is 17.5 Å². The van der Waals surface area contributed by atoms with Crippen LogP contribution in [0, 0.1) is 5.82 Å². The smallest absolute Gasteiger partial charge is 0.240 e. The fourth-order valence-corrected chi connectivity index (χ4v) is 2.86. The monoisotopic (exact) mass is 315 g/mol. The predicted molar refractivity (Wildman–Crippen MR) is 76.4 cm³/mol. The van der Waals surface area contributed by atoms with Gasteiger partial charge in [-0.1, -0.05) is 0 Å². The fourth-order valence-electron chi connectivity index (χ4n) is 1.76. The molecule has 0 saturated heterocycles. The molecule has 0 aliphatic heterocycles. The largest absolute Gasteiger partial charge is 0.396 e. The Bertz CT molecular complexity index is 630. The van der Waals surface area contributed by atoms with E-state index in [1.54, 1.807) is 0 Å². The lowest BCUT2D eigenvalue weighted by Crippen LogP contribution is -2.28. The molecule has 1 fully saturated rings. The Morgan fingerprint density at radius 2 is 2.10 bits per heavy atom. The first-order chi connectivity index (χ1) is 9.88. The third-order valence-corrected chi connectivity index (χ3v) is 4.55. The second kappa shape index (κ2) is 6.40. The van der Waals surface area contributed by atoms with Gasteiger partial charge in [0.15, 0.2) is 0 Å². The number of carbonyl (C=O) groups excluding carboxylic acids is 1. The van der Waals surface area contributed by atoms with Crippen LogP contribution in [0.3, 0.4) is 0 Å². The molecule has 6 nitrogen and oxygen atoms in total. The van der Waals surface area contributed by atoms with Crippen LogP contribution < -0.4 is 15.8 Å². The van der Waals surface area contributed by atoms with E-state index in [4.69, 9.17) is 5.73 Å². The van der Waals surface area contributed by atoms with Gasteiger partial charge in [0.1, 0.15) is 5.82 Å². The van der Waals surface area contributed by atoms with E-state index >= 15 is 0 Å². The average Bonchev–Trinajstić information content (AvgIpc) is 3.22. The number of nitrogen functional groups attached to an aromatic ring is 1. The normalized spacial score (nSPS) is 14.9. The molecular weight excluding hydrogens is 297 g/mol. The van der Waals surface area contributed by atoms with Crippen LogP contribution in [0.4, 0.5) is 10.1 Å². The maximum absolute atomic E-state index is 13.0. The van der Waals surface area contributed by atoms with E-state index in [2.05, 4.69) is 10.0 Å². The summed E-state index contributed by atoms with van der Waals surface area (Å²) < 4.78 is 39.2. The molecule has 2 rings (SSSR count). The van der Waals surface area contributed by atoms with Crippen molar-refractivity contribution >= 4 is 21.6 Å². The van der Waals surface area contributed by atoms with Crippen LogP contribution in [-0.4, -0.2) is 26.9 Å². The van der Waals surface area contributed by atoms with Crippen LogP contribution in [-0.2, 0) is 14.8 Å². The van der Waals surface area contributed by atoms with Crippen molar-refractivity contribution in [3.8, 4) is 0 Å². The average molecular weight is 315 g/mol. The summed E-state index contributed by atoms with van der Waals surface area (Å²) in [6, 6.07) is 3.52. The van der Waals surface area contributed by atoms with Crippen molar-refractivity contribution < 1.29 is 17.6 Å². The number of amides is 1. The topological polar surface area (TPSA) is 101 Å². The number of rotatable bonds is 7. The number of halogens is 1. The summed E-state index contributed by atoms with van der Waals surface area (Å²) >= 11 is 0. The van der Waals surface area contributed by atoms with Gasteiger partial charge in [0, 0.05) is 19.0 Å². The van der Waals surface area contributed by atoms with E-state index in [0.29, 0.717) is 12.5 Å². The number of hydrogen-bond acceptors (Lipinski definition) is 4. The molecule has 0 unspecified atom stereocenters. The predicted octanol–water partition coefficient (Wildman–Crippen LogP) is 0.745. The van der Waals surface area contributed by atoms with E-state index < -0.39 is 15.8 Å². The Balaban J connectivity index is 1.80. The molecular formula is C13H18FN3O3S. The van der Waals surface area contributed by atoms with Gasteiger partial charge in [0.2, 0.25) is 15.9 Å². The molecule has 1 aromatic carbocycles. The molecule has 4 N–H and O–H groups in total. The van der Waals surface area contributed by atoms with Gasteiger partial charge >= 0.3 is 0 Å². The minimum Gasteiger partial charge on any atom is -0.396 e. The SMILES string of the molecule is Nc1cc(S(=O)(=O)NCCCC(=O)NC2CC2)ccc1F. The van der Waals surface area contributed by atoms with E-state index in [-0.39, 0.29) is 29.5 Å². The highest BCUT2D eigenvalue weighted by Gasteiger charge is 2.22. The molecule has 0 radical (unpaired) electrons. The first-order valence-corrected chi connectivity index (χ1v) is 8.21. The second-order valence-corrected chi connectivity index (χ2v) is 6.79. The molecule has 116 valence electrons. The Kier molecular flexibility index (Phi) is 4.79. The number of anilines is 1. The zero-order valence-electron chi connectivity index (χ0n) is 11.4. The highest BCUT2D eigenvalue weighted by molar-refractivity contribution is 7.89. The van der Waals surface area contributed by atoms with Crippen LogP contribution >= 0.6 is 0 Å². The van der Waals surface area contributed by atoms with E-state index in [0.717, 1.165) is 31.0 Å². The molecule has 0 aromatic heterocycles. The van der Waals surface area contributed by atoms with Crippen molar-refractivity contribution in [2.75, 3.05) is 12.3 Å².